The van der Waals surface area contributed by atoms with Crippen molar-refractivity contribution in [3.05, 3.63) is 108 Å². The van der Waals surface area contributed by atoms with Gasteiger partial charge in [0.1, 0.15) is 18.2 Å². The quantitative estimate of drug-likeness (QED) is 0.434. The van der Waals surface area contributed by atoms with E-state index in [0.717, 1.165) is 17.1 Å². The van der Waals surface area contributed by atoms with Crippen LogP contribution in [0.2, 0.25) is 0 Å². The van der Waals surface area contributed by atoms with Gasteiger partial charge in [0, 0.05) is 11.1 Å². The first-order valence-corrected chi connectivity index (χ1v) is 9.61. The van der Waals surface area contributed by atoms with Crippen LogP contribution in [0.25, 0.3) is 10.8 Å². The number of nitrogens with zero attached hydrogens (tertiary/aromatic N) is 1. The van der Waals surface area contributed by atoms with Gasteiger partial charge in [-0.05, 0) is 28.5 Å². The highest BCUT2D eigenvalue weighted by Gasteiger charge is 2.42. The van der Waals surface area contributed by atoms with Crippen LogP contribution in [-0.2, 0) is 0 Å². The minimum atomic E-state index is -0.163. The number of hydrogen-bond acceptors (Lipinski definition) is 3. The minimum absolute atomic E-state index is 0.0643. The largest absolute Gasteiger partial charge is 0.477 e. The molecule has 2 atom stereocenters. The lowest BCUT2D eigenvalue weighted by molar-refractivity contribution is -0.0782. The minimum Gasteiger partial charge on any atom is -0.477 e. The molecule has 4 aromatic carbocycles. The van der Waals surface area contributed by atoms with Crippen molar-refractivity contribution >= 4 is 10.8 Å². The Morgan fingerprint density at radius 3 is 2.43 bits per heavy atom. The fourth-order valence-corrected chi connectivity index (χ4v) is 4.49. The molecule has 0 aromatic heterocycles. The van der Waals surface area contributed by atoms with Crippen molar-refractivity contribution < 1.29 is 9.47 Å². The van der Waals surface area contributed by atoms with E-state index in [1.165, 1.54) is 21.9 Å². The van der Waals surface area contributed by atoms with E-state index < -0.39 is 0 Å². The summed E-state index contributed by atoms with van der Waals surface area (Å²) >= 11 is 0. The molecule has 2 heterocycles. The second-order valence-electron chi connectivity index (χ2n) is 7.31. The van der Waals surface area contributed by atoms with Crippen molar-refractivity contribution in [2.45, 2.75) is 12.3 Å². The summed E-state index contributed by atoms with van der Waals surface area (Å²) in [6.07, 6.45) is -0.163. The van der Waals surface area contributed by atoms with Crippen molar-refractivity contribution in [2.75, 3.05) is 6.73 Å². The number of ether oxygens (including phenoxy) is 2. The maximum atomic E-state index is 6.57. The monoisotopic (exact) mass is 365 g/mol. The first-order chi connectivity index (χ1) is 13.9. The van der Waals surface area contributed by atoms with Gasteiger partial charge in [0.25, 0.3) is 0 Å². The lowest BCUT2D eigenvalue weighted by atomic mass is 9.89. The number of benzene rings is 4. The SMILES string of the molecule is c1ccc([C@H]2c3c(ccc4ccccc34)O[C@@H]3c4ccccc4OCN23)cc1. The Kier molecular flexibility index (Phi) is 3.43. The van der Waals surface area contributed by atoms with Crippen molar-refractivity contribution in [2.24, 2.45) is 0 Å². The summed E-state index contributed by atoms with van der Waals surface area (Å²) in [5, 5.41) is 2.45. The molecule has 0 spiro atoms. The van der Waals surface area contributed by atoms with Crippen molar-refractivity contribution in [3.63, 3.8) is 0 Å². The molecular weight excluding hydrogens is 346 g/mol. The molecule has 2 aliphatic rings. The first kappa shape index (κ1) is 15.7. The molecule has 0 N–H and O–H groups in total. The molecular formula is C25H19NO2. The van der Waals surface area contributed by atoms with Gasteiger partial charge in [-0.2, -0.15) is 0 Å². The van der Waals surface area contributed by atoms with Crippen LogP contribution >= 0.6 is 0 Å². The Hall–Kier alpha value is -3.30. The molecule has 4 aromatic rings. The summed E-state index contributed by atoms with van der Waals surface area (Å²) in [6.45, 7) is 0.490. The predicted octanol–water partition coefficient (Wildman–Crippen LogP) is 5.67. The van der Waals surface area contributed by atoms with Crippen LogP contribution < -0.4 is 9.47 Å². The van der Waals surface area contributed by atoms with Gasteiger partial charge in [0.15, 0.2) is 6.23 Å². The molecule has 0 saturated carbocycles. The second-order valence-corrected chi connectivity index (χ2v) is 7.31. The zero-order valence-electron chi connectivity index (χ0n) is 15.3. The predicted molar refractivity (Wildman–Crippen MR) is 109 cm³/mol. The third-order valence-electron chi connectivity index (χ3n) is 5.75. The molecule has 0 fully saturated rings. The molecule has 3 nitrogen and oxygen atoms in total. The topological polar surface area (TPSA) is 21.7 Å². The van der Waals surface area contributed by atoms with Crippen molar-refractivity contribution in [1.29, 1.82) is 0 Å². The van der Waals surface area contributed by atoms with Crippen LogP contribution in [-0.4, -0.2) is 11.6 Å². The summed E-state index contributed by atoms with van der Waals surface area (Å²) in [7, 11) is 0. The number of hydrogen-bond donors (Lipinski definition) is 0. The Labute approximate surface area is 163 Å². The van der Waals surface area contributed by atoms with Gasteiger partial charge in [-0.1, -0.05) is 78.9 Å². The maximum Gasteiger partial charge on any atom is 0.185 e. The van der Waals surface area contributed by atoms with E-state index in [9.17, 15) is 0 Å². The summed E-state index contributed by atoms with van der Waals surface area (Å²) in [5.41, 5.74) is 3.54. The van der Waals surface area contributed by atoms with Gasteiger partial charge in [0.05, 0.1) is 6.04 Å². The van der Waals surface area contributed by atoms with E-state index in [1.807, 2.05) is 18.2 Å². The molecule has 0 unspecified atom stereocenters. The molecule has 0 saturated heterocycles. The Balaban J connectivity index is 1.62. The lowest BCUT2D eigenvalue weighted by Crippen LogP contribution is -2.45. The van der Waals surface area contributed by atoms with Crippen LogP contribution in [0.15, 0.2) is 91.0 Å². The second kappa shape index (κ2) is 6.11. The van der Waals surface area contributed by atoms with Gasteiger partial charge in [-0.25, -0.2) is 4.90 Å². The molecule has 0 aliphatic carbocycles. The average Bonchev–Trinajstić information content (AvgIpc) is 2.78. The molecule has 0 radical (unpaired) electrons. The van der Waals surface area contributed by atoms with Crippen LogP contribution in [0.4, 0.5) is 0 Å². The molecule has 2 aliphatic heterocycles. The average molecular weight is 365 g/mol. The van der Waals surface area contributed by atoms with Gasteiger partial charge in [0.2, 0.25) is 0 Å². The highest BCUT2D eigenvalue weighted by atomic mass is 16.5. The Bertz CT molecular complexity index is 1170. The standard InChI is InChI=1S/C25H19NO2/c1-2-9-18(10-3-1)24-23-19-11-5-4-8-17(19)14-15-22(23)28-25-20-12-6-7-13-21(20)27-16-26(24)25/h1-15,24-25H,16H2/t24-,25+/m0/s1. The molecule has 6 rings (SSSR count). The number of para-hydroxylation sites is 1. The van der Waals surface area contributed by atoms with Gasteiger partial charge in [-0.15, -0.1) is 0 Å². The van der Waals surface area contributed by atoms with E-state index >= 15 is 0 Å². The third-order valence-corrected chi connectivity index (χ3v) is 5.75. The zero-order valence-corrected chi connectivity index (χ0v) is 15.3. The van der Waals surface area contributed by atoms with E-state index in [2.05, 4.69) is 77.7 Å². The third kappa shape index (κ3) is 2.26. The maximum absolute atomic E-state index is 6.57. The molecule has 136 valence electrons. The van der Waals surface area contributed by atoms with Crippen LogP contribution in [0.3, 0.4) is 0 Å². The van der Waals surface area contributed by atoms with E-state index in [4.69, 9.17) is 9.47 Å². The smallest absolute Gasteiger partial charge is 0.185 e. The van der Waals surface area contributed by atoms with Crippen LogP contribution in [0, 0.1) is 0 Å². The number of fused-ring (bicyclic) bond motifs is 6. The summed E-state index contributed by atoms with van der Waals surface area (Å²) < 4.78 is 12.7. The fraction of sp³-hybridized carbons (Fsp3) is 0.120. The van der Waals surface area contributed by atoms with Crippen LogP contribution in [0.1, 0.15) is 29.0 Å². The van der Waals surface area contributed by atoms with E-state index in [1.54, 1.807) is 0 Å². The van der Waals surface area contributed by atoms with E-state index in [-0.39, 0.29) is 12.3 Å². The van der Waals surface area contributed by atoms with E-state index in [0.29, 0.717) is 6.73 Å². The molecule has 3 heteroatoms. The van der Waals surface area contributed by atoms with Gasteiger partial charge >= 0.3 is 0 Å². The van der Waals surface area contributed by atoms with Crippen LogP contribution in [0.5, 0.6) is 11.5 Å². The molecule has 0 amide bonds. The Morgan fingerprint density at radius 2 is 1.50 bits per heavy atom. The van der Waals surface area contributed by atoms with Crippen molar-refractivity contribution in [1.82, 2.24) is 4.90 Å². The summed E-state index contributed by atoms with van der Waals surface area (Å²) in [5.74, 6) is 1.85. The zero-order chi connectivity index (χ0) is 18.5. The van der Waals surface area contributed by atoms with Gasteiger partial charge in [-0.3, -0.25) is 0 Å². The normalized spacial score (nSPS) is 20.4. The summed E-state index contributed by atoms with van der Waals surface area (Å²) in [6, 6.07) is 31.7. The molecule has 28 heavy (non-hydrogen) atoms. The highest BCUT2D eigenvalue weighted by molar-refractivity contribution is 5.89. The summed E-state index contributed by atoms with van der Waals surface area (Å²) in [4.78, 5) is 2.31. The van der Waals surface area contributed by atoms with Gasteiger partial charge < -0.3 is 9.47 Å². The first-order valence-electron chi connectivity index (χ1n) is 9.61. The molecule has 0 bridgehead atoms. The van der Waals surface area contributed by atoms with Crippen molar-refractivity contribution in [3.8, 4) is 11.5 Å². The number of rotatable bonds is 1. The lowest BCUT2D eigenvalue weighted by Gasteiger charge is -2.46. The Morgan fingerprint density at radius 1 is 0.714 bits per heavy atom. The highest BCUT2D eigenvalue weighted by Crippen LogP contribution is 2.50. The fourth-order valence-electron chi connectivity index (χ4n) is 4.49.